The van der Waals surface area contributed by atoms with E-state index < -0.39 is 0 Å². The van der Waals surface area contributed by atoms with E-state index in [0.29, 0.717) is 24.8 Å². The Kier molecular flexibility index (Phi) is 5.35. The molecule has 1 aliphatic carbocycles. The third-order valence-corrected chi connectivity index (χ3v) is 6.73. The van der Waals surface area contributed by atoms with Gasteiger partial charge in [-0.2, -0.15) is 0 Å². The summed E-state index contributed by atoms with van der Waals surface area (Å²) in [6.07, 6.45) is 10.3. The zero-order chi connectivity index (χ0) is 19.6. The number of piperidine rings is 1. The minimum absolute atomic E-state index is 0.0596. The van der Waals surface area contributed by atoms with Gasteiger partial charge in [0, 0.05) is 38.0 Å². The summed E-state index contributed by atoms with van der Waals surface area (Å²) < 4.78 is 7.68. The van der Waals surface area contributed by atoms with Crippen molar-refractivity contribution >= 4 is 5.91 Å². The summed E-state index contributed by atoms with van der Waals surface area (Å²) in [5, 5.41) is 16.7. The van der Waals surface area contributed by atoms with Gasteiger partial charge >= 0.3 is 0 Å². The Hall–Kier alpha value is -2.22. The van der Waals surface area contributed by atoms with Crippen molar-refractivity contribution in [1.82, 2.24) is 30.1 Å². The first kappa shape index (κ1) is 18.8. The highest BCUT2D eigenvalue weighted by atomic mass is 16.5. The average molecular weight is 399 g/mol. The molecule has 0 bridgehead atoms. The molecule has 2 aliphatic heterocycles. The second-order valence-electron chi connectivity index (χ2n) is 8.62. The van der Waals surface area contributed by atoms with Gasteiger partial charge in [0.2, 0.25) is 5.76 Å². The van der Waals surface area contributed by atoms with Gasteiger partial charge in [-0.15, -0.1) is 10.2 Å². The Labute approximate surface area is 171 Å². The number of aromatic nitrogens is 4. The van der Waals surface area contributed by atoms with Gasteiger partial charge in [0.05, 0.1) is 11.7 Å². The lowest BCUT2D eigenvalue weighted by Gasteiger charge is -2.23. The van der Waals surface area contributed by atoms with E-state index in [-0.39, 0.29) is 11.9 Å². The van der Waals surface area contributed by atoms with Crippen LogP contribution in [0.1, 0.15) is 91.2 Å². The number of rotatable bonds is 3. The van der Waals surface area contributed by atoms with E-state index in [9.17, 15) is 4.79 Å². The summed E-state index contributed by atoms with van der Waals surface area (Å²) in [4.78, 5) is 14.9. The van der Waals surface area contributed by atoms with E-state index in [0.717, 1.165) is 56.1 Å². The third kappa shape index (κ3) is 3.82. The quantitative estimate of drug-likeness (QED) is 0.855. The predicted octanol–water partition coefficient (Wildman–Crippen LogP) is 2.83. The number of nitrogens with one attached hydrogen (secondary N) is 1. The lowest BCUT2D eigenvalue weighted by molar-refractivity contribution is 0.0716. The second-order valence-corrected chi connectivity index (χ2v) is 8.62. The van der Waals surface area contributed by atoms with Crippen molar-refractivity contribution in [2.75, 3.05) is 19.6 Å². The number of hydrogen-bond donors (Lipinski definition) is 1. The molecule has 1 N–H and O–H groups in total. The molecular formula is C21H30N6O2. The van der Waals surface area contributed by atoms with E-state index in [1.807, 2.05) is 11.0 Å². The Bertz CT molecular complexity index is 847. The van der Waals surface area contributed by atoms with Gasteiger partial charge in [0.1, 0.15) is 11.6 Å². The van der Waals surface area contributed by atoms with Crippen LogP contribution in [-0.4, -0.2) is 50.4 Å². The largest absolute Gasteiger partial charge is 0.351 e. The fraction of sp³-hybridized carbons (Fsp3) is 0.714. The molecule has 1 saturated carbocycles. The van der Waals surface area contributed by atoms with Crippen LogP contribution in [-0.2, 0) is 13.0 Å². The Morgan fingerprint density at radius 3 is 2.72 bits per heavy atom. The molecule has 8 nitrogen and oxygen atoms in total. The van der Waals surface area contributed by atoms with Crippen molar-refractivity contribution in [2.45, 2.75) is 76.3 Å². The van der Waals surface area contributed by atoms with E-state index >= 15 is 0 Å². The first-order valence-electron chi connectivity index (χ1n) is 11.2. The van der Waals surface area contributed by atoms with Gasteiger partial charge in [-0.05, 0) is 32.2 Å². The third-order valence-electron chi connectivity index (χ3n) is 6.73. The highest BCUT2D eigenvalue weighted by Gasteiger charge is 2.29. The molecule has 29 heavy (non-hydrogen) atoms. The van der Waals surface area contributed by atoms with Crippen molar-refractivity contribution in [3.8, 4) is 0 Å². The van der Waals surface area contributed by atoms with Gasteiger partial charge in [-0.3, -0.25) is 4.79 Å². The molecule has 1 atom stereocenters. The van der Waals surface area contributed by atoms with Gasteiger partial charge in [0.15, 0.2) is 0 Å². The Morgan fingerprint density at radius 1 is 1.03 bits per heavy atom. The number of carbonyl (C=O) groups is 1. The first-order valence-corrected chi connectivity index (χ1v) is 11.2. The minimum Gasteiger partial charge on any atom is -0.351 e. The number of hydrogen-bond acceptors (Lipinski definition) is 6. The van der Waals surface area contributed by atoms with Gasteiger partial charge < -0.3 is 19.3 Å². The maximum atomic E-state index is 13.0. The molecule has 0 unspecified atom stereocenters. The molecule has 2 aromatic heterocycles. The normalized spacial score (nSPS) is 23.6. The van der Waals surface area contributed by atoms with E-state index in [1.165, 1.54) is 32.1 Å². The summed E-state index contributed by atoms with van der Waals surface area (Å²) >= 11 is 0. The van der Waals surface area contributed by atoms with E-state index in [2.05, 4.69) is 25.2 Å². The lowest BCUT2D eigenvalue weighted by atomic mass is 9.87. The van der Waals surface area contributed by atoms with Crippen LogP contribution in [0.5, 0.6) is 0 Å². The van der Waals surface area contributed by atoms with Gasteiger partial charge in [-0.1, -0.05) is 30.8 Å². The Balaban J connectivity index is 1.26. The zero-order valence-electron chi connectivity index (χ0n) is 17.0. The van der Waals surface area contributed by atoms with E-state index in [4.69, 9.17) is 4.52 Å². The molecular weight excluding hydrogens is 368 g/mol. The van der Waals surface area contributed by atoms with Crippen molar-refractivity contribution in [1.29, 1.82) is 0 Å². The fourth-order valence-corrected chi connectivity index (χ4v) is 5.01. The van der Waals surface area contributed by atoms with Crippen molar-refractivity contribution in [3.63, 3.8) is 0 Å². The van der Waals surface area contributed by atoms with Gasteiger partial charge in [-0.25, -0.2) is 0 Å². The molecule has 5 rings (SSSR count). The molecule has 0 aromatic carbocycles. The number of nitrogens with zero attached hydrogens (tertiary/aromatic N) is 5. The molecule has 2 aromatic rings. The van der Waals surface area contributed by atoms with Crippen molar-refractivity contribution in [3.05, 3.63) is 29.2 Å². The highest BCUT2D eigenvalue weighted by Crippen LogP contribution is 2.32. The molecule has 0 spiro atoms. The van der Waals surface area contributed by atoms with Crippen molar-refractivity contribution in [2.24, 2.45) is 0 Å². The Morgan fingerprint density at radius 2 is 1.90 bits per heavy atom. The van der Waals surface area contributed by atoms with Crippen LogP contribution in [0.15, 0.2) is 10.6 Å². The standard InChI is InChI=1S/C21H30N6O2/c28-21(18-14-17(25-29-18)15-6-2-1-3-7-15)26-11-9-19-23-24-20(27(19)13-12-26)16-8-4-5-10-22-16/h14-16,22H,1-13H2/t16-/m0/s1. The lowest BCUT2D eigenvalue weighted by Crippen LogP contribution is -2.34. The topological polar surface area (TPSA) is 89.1 Å². The van der Waals surface area contributed by atoms with Crippen LogP contribution in [0.4, 0.5) is 0 Å². The van der Waals surface area contributed by atoms with Crippen LogP contribution in [0.2, 0.25) is 0 Å². The summed E-state index contributed by atoms with van der Waals surface area (Å²) in [5.41, 5.74) is 0.950. The van der Waals surface area contributed by atoms with Gasteiger partial charge in [0.25, 0.3) is 5.91 Å². The first-order chi connectivity index (χ1) is 14.3. The summed E-state index contributed by atoms with van der Waals surface area (Å²) in [6, 6.07) is 2.15. The molecule has 0 radical (unpaired) electrons. The average Bonchev–Trinajstić information content (AvgIpc) is 3.38. The van der Waals surface area contributed by atoms with Crippen LogP contribution < -0.4 is 5.32 Å². The molecule has 4 heterocycles. The predicted molar refractivity (Wildman–Crippen MR) is 107 cm³/mol. The number of fused-ring (bicyclic) bond motifs is 1. The molecule has 2 fully saturated rings. The monoisotopic (exact) mass is 398 g/mol. The van der Waals surface area contributed by atoms with Crippen LogP contribution >= 0.6 is 0 Å². The zero-order valence-corrected chi connectivity index (χ0v) is 17.0. The second kappa shape index (κ2) is 8.26. The summed E-state index contributed by atoms with van der Waals surface area (Å²) in [7, 11) is 0. The summed E-state index contributed by atoms with van der Waals surface area (Å²) in [6.45, 7) is 3.04. The molecule has 1 saturated heterocycles. The maximum Gasteiger partial charge on any atom is 0.292 e. The molecule has 8 heteroatoms. The SMILES string of the molecule is O=C(c1cc(C2CCCCC2)no1)N1CCc2nnc([C@@H]3CCCCN3)n2CC1. The van der Waals surface area contributed by atoms with Crippen LogP contribution in [0.3, 0.4) is 0 Å². The summed E-state index contributed by atoms with van der Waals surface area (Å²) in [5.74, 6) is 2.75. The molecule has 1 amide bonds. The number of amides is 1. The van der Waals surface area contributed by atoms with Crippen LogP contribution in [0.25, 0.3) is 0 Å². The highest BCUT2D eigenvalue weighted by molar-refractivity contribution is 5.91. The molecule has 3 aliphatic rings. The maximum absolute atomic E-state index is 13.0. The molecule has 156 valence electrons. The number of carbonyl (C=O) groups excluding carboxylic acids is 1. The smallest absolute Gasteiger partial charge is 0.292 e. The van der Waals surface area contributed by atoms with Crippen molar-refractivity contribution < 1.29 is 9.32 Å². The minimum atomic E-state index is -0.0596. The van der Waals surface area contributed by atoms with Crippen LogP contribution in [0, 0.1) is 0 Å². The van der Waals surface area contributed by atoms with E-state index in [1.54, 1.807) is 0 Å². The fourth-order valence-electron chi connectivity index (χ4n) is 5.01.